The number of allylic oxidation sites excluding steroid dienone is 1. The van der Waals surface area contributed by atoms with Crippen LogP contribution < -0.4 is 0 Å². The van der Waals surface area contributed by atoms with Crippen LogP contribution in [0.4, 0.5) is 0 Å². The molecule has 6 heteroatoms. The van der Waals surface area contributed by atoms with Crippen molar-refractivity contribution in [2.45, 2.75) is 25.0 Å². The van der Waals surface area contributed by atoms with Crippen LogP contribution in [0.3, 0.4) is 0 Å². The fourth-order valence-corrected chi connectivity index (χ4v) is 6.91. The monoisotopic (exact) mass is 446 g/mol. The summed E-state index contributed by atoms with van der Waals surface area (Å²) in [5, 5.41) is 11.9. The minimum atomic E-state index is -0.932. The Morgan fingerprint density at radius 3 is 2.25 bits per heavy atom. The molecule has 0 saturated carbocycles. The van der Waals surface area contributed by atoms with Gasteiger partial charge in [0.2, 0.25) is 0 Å². The lowest BCUT2D eigenvalue weighted by Crippen LogP contribution is -2.45. The highest BCUT2D eigenvalue weighted by molar-refractivity contribution is 8.06. The Morgan fingerprint density at radius 1 is 1.00 bits per heavy atom. The number of aliphatic hydroxyl groups excluding tert-OH is 1. The van der Waals surface area contributed by atoms with Crippen molar-refractivity contribution < 1.29 is 9.84 Å². The van der Waals surface area contributed by atoms with Gasteiger partial charge >= 0.3 is 0 Å². The molecule has 3 atom stereocenters. The van der Waals surface area contributed by atoms with Crippen LogP contribution in [0, 0.1) is 0 Å². The summed E-state index contributed by atoms with van der Waals surface area (Å²) < 4.78 is 6.82. The molecule has 0 radical (unpaired) electrons. The zero-order chi connectivity index (χ0) is 19.5. The average Bonchev–Trinajstić information content (AvgIpc) is 3.14. The summed E-state index contributed by atoms with van der Waals surface area (Å²) in [6.07, 6.45) is 7.24. The van der Waals surface area contributed by atoms with Gasteiger partial charge in [0, 0.05) is 21.6 Å². The molecule has 1 N–H and O–H groups in total. The Bertz CT molecular complexity index is 901. The maximum Gasteiger partial charge on any atom is 0.162 e. The minimum absolute atomic E-state index is 0.162. The Morgan fingerprint density at radius 2 is 1.64 bits per heavy atom. The van der Waals surface area contributed by atoms with E-state index in [9.17, 15) is 5.11 Å². The van der Waals surface area contributed by atoms with E-state index in [0.717, 1.165) is 15.5 Å². The number of rotatable bonds is 6. The van der Waals surface area contributed by atoms with Crippen molar-refractivity contribution in [3.8, 4) is 0 Å². The normalized spacial score (nSPS) is 29.0. The second kappa shape index (κ2) is 8.64. The van der Waals surface area contributed by atoms with E-state index in [1.807, 2.05) is 48.5 Å². The van der Waals surface area contributed by atoms with Gasteiger partial charge in [-0.25, -0.2) is 0 Å². The van der Waals surface area contributed by atoms with Gasteiger partial charge in [0.15, 0.2) is 4.93 Å². The molecule has 0 aromatic heterocycles. The summed E-state index contributed by atoms with van der Waals surface area (Å²) in [7, 11) is 0. The third-order valence-electron chi connectivity index (χ3n) is 4.26. The third kappa shape index (κ3) is 4.50. The van der Waals surface area contributed by atoms with Gasteiger partial charge in [0.05, 0.1) is 5.38 Å². The highest BCUT2D eigenvalue weighted by Gasteiger charge is 2.47. The topological polar surface area (TPSA) is 29.5 Å². The van der Waals surface area contributed by atoms with Gasteiger partial charge in [0.1, 0.15) is 10.7 Å². The zero-order valence-electron chi connectivity index (χ0n) is 14.9. The molecule has 0 fully saturated rings. The van der Waals surface area contributed by atoms with Gasteiger partial charge < -0.3 is 9.84 Å². The molecule has 0 spiro atoms. The van der Waals surface area contributed by atoms with Crippen LogP contribution in [0.2, 0.25) is 0 Å². The van der Waals surface area contributed by atoms with E-state index >= 15 is 0 Å². The molecule has 0 saturated heterocycles. The molecule has 4 rings (SSSR count). The number of aliphatic hydroxyl groups is 1. The summed E-state index contributed by atoms with van der Waals surface area (Å²) in [4.78, 5) is 0.643. The predicted molar refractivity (Wildman–Crippen MR) is 122 cm³/mol. The van der Waals surface area contributed by atoms with E-state index < -0.39 is 15.2 Å². The van der Waals surface area contributed by atoms with Crippen LogP contribution in [-0.4, -0.2) is 26.1 Å². The van der Waals surface area contributed by atoms with E-state index in [-0.39, 0.29) is 5.76 Å². The van der Waals surface area contributed by atoms with Crippen molar-refractivity contribution >= 4 is 46.9 Å². The highest BCUT2D eigenvalue weighted by atomic mass is 35.5. The van der Waals surface area contributed by atoms with Crippen molar-refractivity contribution in [2.75, 3.05) is 5.75 Å². The van der Waals surface area contributed by atoms with Gasteiger partial charge in [-0.15, -0.1) is 23.4 Å². The quantitative estimate of drug-likeness (QED) is 0.386. The van der Waals surface area contributed by atoms with Crippen LogP contribution in [0.15, 0.2) is 106 Å². The van der Waals surface area contributed by atoms with Crippen LogP contribution in [0.5, 0.6) is 0 Å². The number of halogens is 1. The second-order valence-corrected chi connectivity index (χ2v) is 10.5. The van der Waals surface area contributed by atoms with E-state index in [1.54, 1.807) is 41.8 Å². The lowest BCUT2D eigenvalue weighted by atomic mass is 10.1. The molecule has 3 unspecified atom stereocenters. The third-order valence-corrected chi connectivity index (χ3v) is 8.46. The minimum Gasteiger partial charge on any atom is -0.508 e. The lowest BCUT2D eigenvalue weighted by Gasteiger charge is -2.41. The fraction of sp³-hybridized carbons (Fsp3) is 0.182. The van der Waals surface area contributed by atoms with Crippen LogP contribution in [-0.2, 0) is 4.74 Å². The predicted octanol–water partition coefficient (Wildman–Crippen LogP) is 6.86. The molecule has 2 nitrogen and oxygen atoms in total. The first kappa shape index (κ1) is 20.0. The summed E-state index contributed by atoms with van der Waals surface area (Å²) in [5.41, 5.74) is 0. The maximum atomic E-state index is 10.3. The first-order valence-corrected chi connectivity index (χ1v) is 11.9. The standard InChI is InChI=1S/C22H19ClO2S3/c23-20-12-11-17(24)15-22(20,28-19-9-5-2-6-10-19)25-21(13-14-26-16-21)27-18-7-3-1-4-8-18/h1-15,20,24H,16H2. The van der Waals surface area contributed by atoms with Gasteiger partial charge in [-0.2, -0.15) is 0 Å². The molecule has 2 aliphatic rings. The van der Waals surface area contributed by atoms with Crippen LogP contribution in [0.25, 0.3) is 0 Å². The van der Waals surface area contributed by atoms with Gasteiger partial charge in [0.25, 0.3) is 0 Å². The van der Waals surface area contributed by atoms with Crippen molar-refractivity contribution in [3.05, 3.63) is 96.1 Å². The highest BCUT2D eigenvalue weighted by Crippen LogP contribution is 2.51. The van der Waals surface area contributed by atoms with Gasteiger partial charge in [-0.1, -0.05) is 66.0 Å². The van der Waals surface area contributed by atoms with Crippen molar-refractivity contribution in [1.29, 1.82) is 0 Å². The Labute approximate surface area is 183 Å². The van der Waals surface area contributed by atoms with E-state index in [4.69, 9.17) is 16.3 Å². The molecule has 2 aromatic rings. The smallest absolute Gasteiger partial charge is 0.162 e. The number of alkyl halides is 1. The number of thioether (sulfide) groups is 3. The molecule has 144 valence electrons. The number of hydrogen-bond acceptors (Lipinski definition) is 5. The van der Waals surface area contributed by atoms with Crippen LogP contribution >= 0.6 is 46.9 Å². The van der Waals surface area contributed by atoms with E-state index in [1.165, 1.54) is 11.8 Å². The summed E-state index contributed by atoms with van der Waals surface area (Å²) >= 11 is 11.7. The fourth-order valence-electron chi connectivity index (χ4n) is 2.99. The molecule has 0 bridgehead atoms. The molecular formula is C22H19ClO2S3. The zero-order valence-corrected chi connectivity index (χ0v) is 18.1. The summed E-state index contributed by atoms with van der Waals surface area (Å²) in [5.74, 6) is 0.931. The molecule has 2 aromatic carbocycles. The lowest BCUT2D eigenvalue weighted by molar-refractivity contribution is 0.0120. The molecular weight excluding hydrogens is 428 g/mol. The van der Waals surface area contributed by atoms with E-state index in [0.29, 0.717) is 0 Å². The van der Waals surface area contributed by atoms with Crippen molar-refractivity contribution in [3.63, 3.8) is 0 Å². The van der Waals surface area contributed by atoms with Crippen molar-refractivity contribution in [1.82, 2.24) is 0 Å². The molecule has 1 aliphatic carbocycles. The SMILES string of the molecule is OC1=CC(OC2(Sc3ccccc3)C=CSC2)(Sc2ccccc2)C(Cl)C=C1. The average molecular weight is 447 g/mol. The number of ether oxygens (including phenoxy) is 1. The van der Waals surface area contributed by atoms with Crippen molar-refractivity contribution in [2.24, 2.45) is 0 Å². The Balaban J connectivity index is 1.70. The largest absolute Gasteiger partial charge is 0.508 e. The van der Waals surface area contributed by atoms with Gasteiger partial charge in [-0.05, 0) is 41.8 Å². The molecule has 0 amide bonds. The maximum absolute atomic E-state index is 10.3. The van der Waals surface area contributed by atoms with Gasteiger partial charge in [-0.3, -0.25) is 0 Å². The second-order valence-electron chi connectivity index (χ2n) is 6.41. The van der Waals surface area contributed by atoms with Crippen LogP contribution in [0.1, 0.15) is 0 Å². The number of benzene rings is 2. The Hall–Kier alpha value is -1.24. The molecule has 1 heterocycles. The summed E-state index contributed by atoms with van der Waals surface area (Å²) in [6.45, 7) is 0. The molecule has 1 aliphatic heterocycles. The molecule has 28 heavy (non-hydrogen) atoms. The summed E-state index contributed by atoms with van der Waals surface area (Å²) in [6, 6.07) is 20.2. The number of hydrogen-bond donors (Lipinski definition) is 1. The Kier molecular flexibility index (Phi) is 6.18. The van der Waals surface area contributed by atoms with E-state index in [2.05, 4.69) is 23.6 Å². The first-order chi connectivity index (χ1) is 13.6. The first-order valence-electron chi connectivity index (χ1n) is 8.81.